The summed E-state index contributed by atoms with van der Waals surface area (Å²) >= 11 is 0. The summed E-state index contributed by atoms with van der Waals surface area (Å²) in [6.07, 6.45) is -0.0321. The molecule has 1 amide bonds. The van der Waals surface area contributed by atoms with Crippen molar-refractivity contribution in [2.45, 2.75) is 25.8 Å². The van der Waals surface area contributed by atoms with E-state index in [9.17, 15) is 14.4 Å². The molecule has 1 aromatic rings. The van der Waals surface area contributed by atoms with Crippen molar-refractivity contribution in [3.05, 3.63) is 35.4 Å². The number of aliphatic carboxylic acids is 2. The van der Waals surface area contributed by atoms with E-state index in [1.165, 1.54) is 0 Å². The molecular formula is C13H15NO5. The molecule has 6 nitrogen and oxygen atoms in total. The van der Waals surface area contributed by atoms with Crippen LogP contribution in [0.25, 0.3) is 0 Å². The fourth-order valence-corrected chi connectivity index (χ4v) is 1.66. The molecule has 19 heavy (non-hydrogen) atoms. The molecule has 1 rings (SSSR count). The zero-order valence-electron chi connectivity index (χ0n) is 10.4. The maximum absolute atomic E-state index is 12.0. The smallest absolute Gasteiger partial charge is 0.326 e. The van der Waals surface area contributed by atoms with Crippen LogP contribution in [-0.4, -0.2) is 34.1 Å². The van der Waals surface area contributed by atoms with E-state index in [0.717, 1.165) is 5.56 Å². The highest BCUT2D eigenvalue weighted by Crippen LogP contribution is 2.10. The van der Waals surface area contributed by atoms with E-state index < -0.39 is 30.3 Å². The van der Waals surface area contributed by atoms with E-state index in [1.54, 1.807) is 24.3 Å². The van der Waals surface area contributed by atoms with Crippen LogP contribution in [0.5, 0.6) is 0 Å². The van der Waals surface area contributed by atoms with Gasteiger partial charge in [-0.05, 0) is 18.1 Å². The molecule has 1 aromatic carbocycles. The van der Waals surface area contributed by atoms with E-state index in [2.05, 4.69) is 5.32 Å². The van der Waals surface area contributed by atoms with Gasteiger partial charge in [0.1, 0.15) is 6.04 Å². The molecule has 0 radical (unpaired) electrons. The zero-order valence-corrected chi connectivity index (χ0v) is 10.4. The summed E-state index contributed by atoms with van der Waals surface area (Å²) in [5.41, 5.74) is 1.14. The Balaban J connectivity index is 2.87. The zero-order chi connectivity index (χ0) is 14.4. The summed E-state index contributed by atoms with van der Waals surface area (Å²) in [5, 5.41) is 19.7. The SMILES string of the molecule is CCc1ccccc1C(=O)N[C@H](CC(=O)O)C(=O)O. The van der Waals surface area contributed by atoms with Crippen molar-refractivity contribution < 1.29 is 24.6 Å². The maximum Gasteiger partial charge on any atom is 0.326 e. The number of hydrogen-bond acceptors (Lipinski definition) is 3. The lowest BCUT2D eigenvalue weighted by Crippen LogP contribution is -2.42. The first-order chi connectivity index (χ1) is 8.95. The first-order valence-corrected chi connectivity index (χ1v) is 5.79. The van der Waals surface area contributed by atoms with Gasteiger partial charge in [-0.25, -0.2) is 4.79 Å². The van der Waals surface area contributed by atoms with E-state index in [4.69, 9.17) is 10.2 Å². The van der Waals surface area contributed by atoms with E-state index in [1.807, 2.05) is 6.92 Å². The van der Waals surface area contributed by atoms with Gasteiger partial charge < -0.3 is 15.5 Å². The molecule has 6 heteroatoms. The number of aryl methyl sites for hydroxylation is 1. The molecule has 0 heterocycles. The molecule has 102 valence electrons. The first kappa shape index (κ1) is 14.7. The fourth-order valence-electron chi connectivity index (χ4n) is 1.66. The van der Waals surface area contributed by atoms with E-state index in [-0.39, 0.29) is 0 Å². The Hall–Kier alpha value is -2.37. The van der Waals surface area contributed by atoms with Crippen LogP contribution in [0.15, 0.2) is 24.3 Å². The van der Waals surface area contributed by atoms with Crippen molar-refractivity contribution in [2.24, 2.45) is 0 Å². The number of hydrogen-bond donors (Lipinski definition) is 3. The Morgan fingerprint density at radius 1 is 1.21 bits per heavy atom. The van der Waals surface area contributed by atoms with E-state index in [0.29, 0.717) is 12.0 Å². The molecule has 0 aliphatic rings. The van der Waals surface area contributed by atoms with Gasteiger partial charge in [0, 0.05) is 5.56 Å². The van der Waals surface area contributed by atoms with Crippen LogP contribution in [0.2, 0.25) is 0 Å². The number of benzene rings is 1. The number of carbonyl (C=O) groups is 3. The van der Waals surface area contributed by atoms with Crippen LogP contribution in [0.4, 0.5) is 0 Å². The highest BCUT2D eigenvalue weighted by atomic mass is 16.4. The van der Waals surface area contributed by atoms with Crippen LogP contribution in [0, 0.1) is 0 Å². The Kier molecular flexibility index (Phi) is 5.05. The quantitative estimate of drug-likeness (QED) is 0.709. The Bertz CT molecular complexity index is 498. The summed E-state index contributed by atoms with van der Waals surface area (Å²) in [6.45, 7) is 1.87. The van der Waals surface area contributed by atoms with Gasteiger partial charge >= 0.3 is 11.9 Å². The molecule has 0 aromatic heterocycles. The minimum atomic E-state index is -1.44. The average Bonchev–Trinajstić information content (AvgIpc) is 2.37. The van der Waals surface area contributed by atoms with Crippen molar-refractivity contribution >= 4 is 17.8 Å². The van der Waals surface area contributed by atoms with Gasteiger partial charge in [0.2, 0.25) is 0 Å². The van der Waals surface area contributed by atoms with Gasteiger partial charge in [0.15, 0.2) is 0 Å². The molecule has 0 fully saturated rings. The molecule has 0 aliphatic carbocycles. The van der Waals surface area contributed by atoms with Crippen molar-refractivity contribution in [1.29, 1.82) is 0 Å². The minimum absolute atomic E-state index is 0.363. The van der Waals surface area contributed by atoms with E-state index >= 15 is 0 Å². The lowest BCUT2D eigenvalue weighted by atomic mass is 10.0. The van der Waals surface area contributed by atoms with Gasteiger partial charge in [-0.3, -0.25) is 9.59 Å². The van der Waals surface area contributed by atoms with Gasteiger partial charge in [-0.1, -0.05) is 25.1 Å². The number of carbonyl (C=O) groups excluding carboxylic acids is 1. The summed E-state index contributed by atoms with van der Waals surface area (Å²) in [7, 11) is 0. The van der Waals surface area contributed by atoms with Crippen molar-refractivity contribution in [3.63, 3.8) is 0 Å². The highest BCUT2D eigenvalue weighted by molar-refractivity contribution is 5.98. The Morgan fingerprint density at radius 2 is 1.84 bits per heavy atom. The third-order valence-electron chi connectivity index (χ3n) is 2.63. The molecule has 0 saturated heterocycles. The predicted molar refractivity (Wildman–Crippen MR) is 67.0 cm³/mol. The molecule has 0 unspecified atom stereocenters. The number of carboxylic acids is 2. The Labute approximate surface area is 110 Å². The standard InChI is InChI=1S/C13H15NO5/c1-2-8-5-3-4-6-9(8)12(17)14-10(13(18)19)7-11(15)16/h3-6,10H,2,7H2,1H3,(H,14,17)(H,15,16)(H,18,19)/t10-/m1/s1. The van der Waals surface area contributed by atoms with Crippen molar-refractivity contribution in [3.8, 4) is 0 Å². The molecule has 0 spiro atoms. The molecular weight excluding hydrogens is 250 g/mol. The average molecular weight is 265 g/mol. The number of carboxylic acid groups (broad SMARTS) is 2. The van der Waals surface area contributed by atoms with Gasteiger partial charge in [-0.2, -0.15) is 0 Å². The number of rotatable bonds is 6. The van der Waals surface area contributed by atoms with Crippen molar-refractivity contribution in [1.82, 2.24) is 5.32 Å². The van der Waals surface area contributed by atoms with Gasteiger partial charge in [-0.15, -0.1) is 0 Å². The second-order valence-electron chi connectivity index (χ2n) is 3.97. The number of nitrogens with one attached hydrogen (secondary N) is 1. The summed E-state index contributed by atoms with van der Waals surface area (Å²) < 4.78 is 0. The summed E-state index contributed by atoms with van der Waals surface area (Å²) in [5.74, 6) is -3.23. The van der Waals surface area contributed by atoms with Crippen LogP contribution in [0.3, 0.4) is 0 Å². The topological polar surface area (TPSA) is 104 Å². The lowest BCUT2D eigenvalue weighted by Gasteiger charge is -2.14. The third kappa shape index (κ3) is 4.09. The highest BCUT2D eigenvalue weighted by Gasteiger charge is 2.24. The maximum atomic E-state index is 12.0. The number of amides is 1. The monoisotopic (exact) mass is 265 g/mol. The first-order valence-electron chi connectivity index (χ1n) is 5.79. The second-order valence-corrected chi connectivity index (χ2v) is 3.97. The fraction of sp³-hybridized carbons (Fsp3) is 0.308. The van der Waals surface area contributed by atoms with Crippen molar-refractivity contribution in [2.75, 3.05) is 0 Å². The predicted octanol–water partition coefficient (Wildman–Crippen LogP) is 0.907. The van der Waals surface area contributed by atoms with Gasteiger partial charge in [0.25, 0.3) is 5.91 Å². The molecule has 0 saturated carbocycles. The van der Waals surface area contributed by atoms with Crippen LogP contribution >= 0.6 is 0 Å². The second kappa shape index (κ2) is 6.53. The van der Waals surface area contributed by atoms with Crippen LogP contribution < -0.4 is 5.32 Å². The third-order valence-corrected chi connectivity index (χ3v) is 2.63. The van der Waals surface area contributed by atoms with Crippen LogP contribution in [0.1, 0.15) is 29.3 Å². The molecule has 0 aliphatic heterocycles. The Morgan fingerprint density at radius 3 is 2.37 bits per heavy atom. The molecule has 0 bridgehead atoms. The van der Waals surface area contributed by atoms with Gasteiger partial charge in [0.05, 0.1) is 6.42 Å². The largest absolute Gasteiger partial charge is 0.481 e. The molecule has 3 N–H and O–H groups in total. The summed E-state index contributed by atoms with van der Waals surface area (Å²) in [6, 6.07) is 5.35. The lowest BCUT2D eigenvalue weighted by molar-refractivity contribution is -0.145. The normalized spacial score (nSPS) is 11.6. The minimum Gasteiger partial charge on any atom is -0.481 e. The summed E-state index contributed by atoms with van der Waals surface area (Å²) in [4.78, 5) is 33.4. The molecule has 1 atom stereocenters. The van der Waals surface area contributed by atoms with Crippen LogP contribution in [-0.2, 0) is 16.0 Å².